The summed E-state index contributed by atoms with van der Waals surface area (Å²) in [5.74, 6) is -1.08. The first-order chi connectivity index (χ1) is 8.70. The molecule has 0 aromatic heterocycles. The Bertz CT molecular complexity index is 543. The third kappa shape index (κ3) is 3.01. The Kier molecular flexibility index (Phi) is 4.20. The molecule has 0 saturated carbocycles. The van der Waals surface area contributed by atoms with Gasteiger partial charge in [-0.25, -0.2) is 8.78 Å². The molecule has 1 nitrogen and oxygen atoms in total. The normalized spacial score (nSPS) is 10.4. The van der Waals surface area contributed by atoms with Crippen LogP contribution in [0.3, 0.4) is 0 Å². The van der Waals surface area contributed by atoms with E-state index < -0.39 is 11.6 Å². The minimum absolute atomic E-state index is 0.337. The summed E-state index contributed by atoms with van der Waals surface area (Å²) >= 11 is 1.62. The highest BCUT2D eigenvalue weighted by atomic mass is 32.2. The number of hydrogen-bond acceptors (Lipinski definition) is 2. The molecule has 0 aliphatic carbocycles. The summed E-state index contributed by atoms with van der Waals surface area (Å²) in [4.78, 5) is 1.10. The molecule has 0 saturated heterocycles. The Morgan fingerprint density at radius 2 is 1.89 bits per heavy atom. The fraction of sp³-hybridized carbons (Fsp3) is 0.143. The molecule has 18 heavy (non-hydrogen) atoms. The summed E-state index contributed by atoms with van der Waals surface area (Å²) in [5.41, 5.74) is 1.40. The van der Waals surface area contributed by atoms with Gasteiger partial charge in [0.2, 0.25) is 0 Å². The molecule has 0 bridgehead atoms. The van der Waals surface area contributed by atoms with Crippen molar-refractivity contribution >= 4 is 17.4 Å². The van der Waals surface area contributed by atoms with Crippen molar-refractivity contribution in [3.8, 4) is 0 Å². The van der Waals surface area contributed by atoms with Crippen LogP contribution in [-0.2, 0) is 6.54 Å². The van der Waals surface area contributed by atoms with Crippen molar-refractivity contribution in [1.29, 1.82) is 0 Å². The molecule has 0 spiro atoms. The molecule has 0 aliphatic rings. The first-order valence-electron chi connectivity index (χ1n) is 5.51. The van der Waals surface area contributed by atoms with E-state index >= 15 is 0 Å². The highest BCUT2D eigenvalue weighted by Gasteiger charge is 2.05. The number of halogens is 2. The van der Waals surface area contributed by atoms with Gasteiger partial charge in [-0.3, -0.25) is 0 Å². The van der Waals surface area contributed by atoms with Gasteiger partial charge in [0.1, 0.15) is 11.6 Å². The number of rotatable bonds is 4. The second-order valence-corrected chi connectivity index (χ2v) is 4.64. The van der Waals surface area contributed by atoms with E-state index in [1.165, 1.54) is 12.1 Å². The lowest BCUT2D eigenvalue weighted by atomic mass is 10.2. The monoisotopic (exact) mass is 265 g/mol. The van der Waals surface area contributed by atoms with Crippen molar-refractivity contribution in [2.45, 2.75) is 11.4 Å². The van der Waals surface area contributed by atoms with Crippen molar-refractivity contribution in [3.05, 3.63) is 59.7 Å². The molecule has 0 heterocycles. The second kappa shape index (κ2) is 5.87. The van der Waals surface area contributed by atoms with E-state index in [0.29, 0.717) is 12.1 Å². The maximum atomic E-state index is 13.5. The van der Waals surface area contributed by atoms with Gasteiger partial charge in [0, 0.05) is 28.8 Å². The van der Waals surface area contributed by atoms with Crippen LogP contribution in [0.4, 0.5) is 14.5 Å². The molecule has 0 aliphatic heterocycles. The number of nitrogens with one attached hydrogen (secondary N) is 1. The highest BCUT2D eigenvalue weighted by molar-refractivity contribution is 7.98. The van der Waals surface area contributed by atoms with Crippen LogP contribution in [0.15, 0.2) is 47.4 Å². The summed E-state index contributed by atoms with van der Waals surface area (Å²) in [6.07, 6.45) is 1.99. The van der Waals surface area contributed by atoms with Gasteiger partial charge in [0.15, 0.2) is 0 Å². The molecule has 0 amide bonds. The zero-order valence-electron chi connectivity index (χ0n) is 9.91. The predicted octanol–water partition coefficient (Wildman–Crippen LogP) is 4.30. The zero-order valence-corrected chi connectivity index (χ0v) is 10.7. The summed E-state index contributed by atoms with van der Waals surface area (Å²) in [7, 11) is 0. The number of benzene rings is 2. The molecule has 2 rings (SSSR count). The van der Waals surface area contributed by atoms with Crippen LogP contribution >= 0.6 is 11.8 Å². The third-order valence-corrected chi connectivity index (χ3v) is 3.39. The van der Waals surface area contributed by atoms with Gasteiger partial charge in [0.05, 0.1) is 0 Å². The van der Waals surface area contributed by atoms with E-state index in [2.05, 4.69) is 5.32 Å². The zero-order chi connectivity index (χ0) is 13.0. The Balaban J connectivity index is 2.11. The van der Waals surface area contributed by atoms with E-state index in [1.54, 1.807) is 11.8 Å². The molecule has 0 fully saturated rings. The topological polar surface area (TPSA) is 12.0 Å². The van der Waals surface area contributed by atoms with E-state index in [0.717, 1.165) is 16.6 Å². The second-order valence-electron chi connectivity index (χ2n) is 3.79. The fourth-order valence-electron chi connectivity index (χ4n) is 1.65. The van der Waals surface area contributed by atoms with Crippen molar-refractivity contribution in [3.63, 3.8) is 0 Å². The van der Waals surface area contributed by atoms with Crippen molar-refractivity contribution in [2.24, 2.45) is 0 Å². The standard InChI is InChI=1S/C14H13F2NS/c1-18-14-5-3-2-4-13(14)17-9-10-6-7-11(15)8-12(10)16/h2-8,17H,9H2,1H3. The summed E-state index contributed by atoms with van der Waals surface area (Å²) < 4.78 is 26.2. The molecule has 2 aromatic rings. The number of thioether (sulfide) groups is 1. The Hall–Kier alpha value is -1.55. The summed E-state index contributed by atoms with van der Waals surface area (Å²) in [5, 5.41) is 3.16. The number of para-hydroxylation sites is 1. The average molecular weight is 265 g/mol. The molecular weight excluding hydrogens is 252 g/mol. The Morgan fingerprint density at radius 1 is 1.11 bits per heavy atom. The molecule has 1 N–H and O–H groups in total. The first kappa shape index (κ1) is 12.9. The van der Waals surface area contributed by atoms with Gasteiger partial charge in [-0.05, 0) is 24.5 Å². The van der Waals surface area contributed by atoms with Gasteiger partial charge in [-0.1, -0.05) is 18.2 Å². The molecule has 0 atom stereocenters. The largest absolute Gasteiger partial charge is 0.380 e. The van der Waals surface area contributed by atoms with Gasteiger partial charge < -0.3 is 5.32 Å². The van der Waals surface area contributed by atoms with E-state index in [1.807, 2.05) is 30.5 Å². The van der Waals surface area contributed by atoms with Crippen LogP contribution in [-0.4, -0.2) is 6.26 Å². The van der Waals surface area contributed by atoms with Gasteiger partial charge in [0.25, 0.3) is 0 Å². The molecule has 2 aromatic carbocycles. The quantitative estimate of drug-likeness (QED) is 0.827. The SMILES string of the molecule is CSc1ccccc1NCc1ccc(F)cc1F. The highest BCUT2D eigenvalue weighted by Crippen LogP contribution is 2.25. The Labute approximate surface area is 109 Å². The van der Waals surface area contributed by atoms with Crippen LogP contribution in [0.5, 0.6) is 0 Å². The van der Waals surface area contributed by atoms with E-state index in [9.17, 15) is 8.78 Å². The lowest BCUT2D eigenvalue weighted by Crippen LogP contribution is -2.03. The lowest BCUT2D eigenvalue weighted by molar-refractivity contribution is 0.574. The third-order valence-electron chi connectivity index (χ3n) is 2.59. The van der Waals surface area contributed by atoms with Gasteiger partial charge >= 0.3 is 0 Å². The number of hydrogen-bond donors (Lipinski definition) is 1. The van der Waals surface area contributed by atoms with Crippen LogP contribution in [0.1, 0.15) is 5.56 Å². The maximum absolute atomic E-state index is 13.5. The van der Waals surface area contributed by atoms with Crippen LogP contribution in [0, 0.1) is 11.6 Å². The van der Waals surface area contributed by atoms with Crippen LogP contribution in [0.25, 0.3) is 0 Å². The Morgan fingerprint density at radius 3 is 2.61 bits per heavy atom. The molecule has 94 valence electrons. The average Bonchev–Trinajstić information content (AvgIpc) is 2.38. The van der Waals surface area contributed by atoms with Crippen LogP contribution < -0.4 is 5.32 Å². The predicted molar refractivity (Wildman–Crippen MR) is 71.9 cm³/mol. The van der Waals surface area contributed by atoms with Gasteiger partial charge in [-0.2, -0.15) is 0 Å². The van der Waals surface area contributed by atoms with Crippen molar-refractivity contribution in [1.82, 2.24) is 0 Å². The number of anilines is 1. The van der Waals surface area contributed by atoms with Crippen molar-refractivity contribution in [2.75, 3.05) is 11.6 Å². The summed E-state index contributed by atoms with van der Waals surface area (Å²) in [6.45, 7) is 0.337. The minimum atomic E-state index is -0.555. The smallest absolute Gasteiger partial charge is 0.131 e. The van der Waals surface area contributed by atoms with Crippen molar-refractivity contribution < 1.29 is 8.78 Å². The molecular formula is C14H13F2NS. The lowest BCUT2D eigenvalue weighted by Gasteiger charge is -2.10. The fourth-order valence-corrected chi connectivity index (χ4v) is 2.22. The minimum Gasteiger partial charge on any atom is -0.380 e. The molecule has 4 heteroatoms. The van der Waals surface area contributed by atoms with Crippen LogP contribution in [0.2, 0.25) is 0 Å². The van der Waals surface area contributed by atoms with E-state index in [4.69, 9.17) is 0 Å². The first-order valence-corrected chi connectivity index (χ1v) is 6.74. The molecule has 0 radical (unpaired) electrons. The van der Waals surface area contributed by atoms with E-state index in [-0.39, 0.29) is 0 Å². The molecule has 0 unspecified atom stereocenters. The summed E-state index contributed by atoms with van der Waals surface area (Å²) in [6, 6.07) is 11.4. The maximum Gasteiger partial charge on any atom is 0.131 e. The van der Waals surface area contributed by atoms with Gasteiger partial charge in [-0.15, -0.1) is 11.8 Å².